The van der Waals surface area contributed by atoms with Gasteiger partial charge in [0.15, 0.2) is 0 Å². The Hall–Kier alpha value is -1.03. The molecule has 0 saturated carbocycles. The summed E-state index contributed by atoms with van der Waals surface area (Å²) >= 11 is 9.49. The Morgan fingerprint density at radius 1 is 1.11 bits per heavy atom. The molecule has 0 radical (unpaired) electrons. The van der Waals surface area contributed by atoms with Crippen LogP contribution in [0.3, 0.4) is 0 Å². The molecule has 2 nitrogen and oxygen atoms in total. The second kappa shape index (κ2) is 6.23. The van der Waals surface area contributed by atoms with E-state index in [4.69, 9.17) is 22.1 Å². The molecule has 0 aliphatic carbocycles. The van der Waals surface area contributed by atoms with Gasteiger partial charge in [0.05, 0.1) is 5.02 Å². The van der Waals surface area contributed by atoms with Gasteiger partial charge in [0, 0.05) is 4.47 Å². The van der Waals surface area contributed by atoms with Crippen LogP contribution in [0.4, 0.5) is 0 Å². The van der Waals surface area contributed by atoms with E-state index in [0.29, 0.717) is 17.3 Å². The number of ether oxygens (including phenoxy) is 1. The molecule has 18 heavy (non-hydrogen) atoms. The molecule has 94 valence electrons. The van der Waals surface area contributed by atoms with Crippen LogP contribution < -0.4 is 10.5 Å². The smallest absolute Gasteiger partial charge is 0.146 e. The molecule has 2 rings (SSSR count). The molecule has 0 amide bonds. The van der Waals surface area contributed by atoms with E-state index in [1.165, 1.54) is 0 Å². The Balaban J connectivity index is 2.28. The van der Waals surface area contributed by atoms with Crippen LogP contribution in [0.1, 0.15) is 5.56 Å². The lowest BCUT2D eigenvalue weighted by atomic mass is 10.1. The Labute approximate surface area is 120 Å². The topological polar surface area (TPSA) is 35.2 Å². The van der Waals surface area contributed by atoms with E-state index < -0.39 is 0 Å². The van der Waals surface area contributed by atoms with Crippen molar-refractivity contribution in [3.8, 4) is 11.5 Å². The predicted octanol–water partition coefficient (Wildman–Crippen LogP) is 4.40. The van der Waals surface area contributed by atoms with Crippen molar-refractivity contribution in [2.45, 2.75) is 6.42 Å². The van der Waals surface area contributed by atoms with Crippen molar-refractivity contribution < 1.29 is 4.74 Å². The lowest BCUT2D eigenvalue weighted by Crippen LogP contribution is -2.03. The van der Waals surface area contributed by atoms with E-state index in [-0.39, 0.29) is 0 Å². The number of nitrogens with two attached hydrogens (primary N) is 1. The summed E-state index contributed by atoms with van der Waals surface area (Å²) in [4.78, 5) is 0. The number of hydrogen-bond donors (Lipinski definition) is 1. The molecule has 0 saturated heterocycles. The zero-order valence-corrected chi connectivity index (χ0v) is 12.0. The van der Waals surface area contributed by atoms with E-state index in [0.717, 1.165) is 22.2 Å². The first-order valence-corrected chi connectivity index (χ1v) is 6.78. The summed E-state index contributed by atoms with van der Waals surface area (Å²) in [7, 11) is 0. The molecule has 0 bridgehead atoms. The summed E-state index contributed by atoms with van der Waals surface area (Å²) in [6.45, 7) is 0.592. The fourth-order valence-electron chi connectivity index (χ4n) is 1.64. The van der Waals surface area contributed by atoms with Crippen molar-refractivity contribution in [2.24, 2.45) is 5.73 Å². The van der Waals surface area contributed by atoms with Crippen molar-refractivity contribution in [3.05, 3.63) is 57.5 Å². The van der Waals surface area contributed by atoms with Crippen LogP contribution in [0.2, 0.25) is 5.02 Å². The highest BCUT2D eigenvalue weighted by Gasteiger charge is 2.07. The number of hydrogen-bond acceptors (Lipinski definition) is 2. The number of para-hydroxylation sites is 1. The first-order chi connectivity index (χ1) is 8.70. The summed E-state index contributed by atoms with van der Waals surface area (Å²) in [6.07, 6.45) is 0.782. The fraction of sp³-hybridized carbons (Fsp3) is 0.143. The van der Waals surface area contributed by atoms with Gasteiger partial charge >= 0.3 is 0 Å². The van der Waals surface area contributed by atoms with Crippen LogP contribution in [0.15, 0.2) is 46.9 Å². The average Bonchev–Trinajstić information content (AvgIpc) is 2.35. The van der Waals surface area contributed by atoms with Crippen LogP contribution in [0.25, 0.3) is 0 Å². The van der Waals surface area contributed by atoms with Crippen LogP contribution >= 0.6 is 27.5 Å². The van der Waals surface area contributed by atoms with E-state index >= 15 is 0 Å². The molecule has 4 heteroatoms. The van der Waals surface area contributed by atoms with Crippen molar-refractivity contribution in [1.82, 2.24) is 0 Å². The van der Waals surface area contributed by atoms with Crippen LogP contribution in [0.5, 0.6) is 11.5 Å². The minimum atomic E-state index is 0.576. The van der Waals surface area contributed by atoms with Gasteiger partial charge in [0.25, 0.3) is 0 Å². The highest BCUT2D eigenvalue weighted by Crippen LogP contribution is 2.33. The fourth-order valence-corrected chi connectivity index (χ4v) is 2.35. The molecule has 0 aliphatic rings. The first-order valence-electron chi connectivity index (χ1n) is 5.61. The summed E-state index contributed by atoms with van der Waals surface area (Å²) in [6, 6.07) is 13.4. The van der Waals surface area contributed by atoms with Gasteiger partial charge in [0.2, 0.25) is 0 Å². The van der Waals surface area contributed by atoms with Gasteiger partial charge in [-0.2, -0.15) is 0 Å². The zero-order valence-electron chi connectivity index (χ0n) is 9.70. The minimum Gasteiger partial charge on any atom is -0.456 e. The summed E-state index contributed by atoms with van der Waals surface area (Å²) in [5.41, 5.74) is 6.67. The molecular weight excluding hydrogens is 314 g/mol. The summed E-state index contributed by atoms with van der Waals surface area (Å²) in [5, 5.41) is 0.576. The zero-order chi connectivity index (χ0) is 13.0. The Morgan fingerprint density at radius 2 is 1.89 bits per heavy atom. The molecular formula is C14H13BrClNO. The maximum Gasteiger partial charge on any atom is 0.146 e. The van der Waals surface area contributed by atoms with Gasteiger partial charge in [-0.15, -0.1) is 0 Å². The Bertz CT molecular complexity index is 545. The predicted molar refractivity (Wildman–Crippen MR) is 78.4 cm³/mol. The van der Waals surface area contributed by atoms with Crippen molar-refractivity contribution >= 4 is 27.5 Å². The van der Waals surface area contributed by atoms with Crippen molar-refractivity contribution in [3.63, 3.8) is 0 Å². The second-order valence-electron chi connectivity index (χ2n) is 3.82. The monoisotopic (exact) mass is 325 g/mol. The second-order valence-corrected chi connectivity index (χ2v) is 5.15. The first kappa shape index (κ1) is 13.4. The van der Waals surface area contributed by atoms with E-state index in [9.17, 15) is 0 Å². The Kier molecular flexibility index (Phi) is 4.64. The molecule has 0 aromatic heterocycles. The molecule has 0 heterocycles. The van der Waals surface area contributed by atoms with E-state index in [1.807, 2.05) is 42.5 Å². The van der Waals surface area contributed by atoms with Gasteiger partial charge in [0.1, 0.15) is 11.5 Å². The van der Waals surface area contributed by atoms with Gasteiger partial charge in [-0.25, -0.2) is 0 Å². The van der Waals surface area contributed by atoms with Crippen LogP contribution in [0, 0.1) is 0 Å². The number of benzene rings is 2. The molecule has 0 unspecified atom stereocenters. The highest BCUT2D eigenvalue weighted by molar-refractivity contribution is 9.10. The average molecular weight is 327 g/mol. The SMILES string of the molecule is NCCc1ccccc1Oc1ccc(Br)cc1Cl. The third kappa shape index (κ3) is 3.25. The third-order valence-corrected chi connectivity index (χ3v) is 3.29. The molecule has 2 aromatic carbocycles. The maximum atomic E-state index is 6.13. The quantitative estimate of drug-likeness (QED) is 0.904. The molecule has 0 fully saturated rings. The van der Waals surface area contributed by atoms with Crippen LogP contribution in [-0.2, 0) is 6.42 Å². The lowest BCUT2D eigenvalue weighted by molar-refractivity contribution is 0.476. The van der Waals surface area contributed by atoms with E-state index in [1.54, 1.807) is 0 Å². The van der Waals surface area contributed by atoms with E-state index in [2.05, 4.69) is 15.9 Å². The summed E-state index contributed by atoms with van der Waals surface area (Å²) in [5.74, 6) is 1.44. The van der Waals surface area contributed by atoms with Crippen LogP contribution in [-0.4, -0.2) is 6.54 Å². The minimum absolute atomic E-state index is 0.576. The molecule has 0 atom stereocenters. The highest BCUT2D eigenvalue weighted by atomic mass is 79.9. The molecule has 2 N–H and O–H groups in total. The van der Waals surface area contributed by atoms with Gasteiger partial charge in [-0.1, -0.05) is 45.7 Å². The maximum absolute atomic E-state index is 6.13. The van der Waals surface area contributed by atoms with Gasteiger partial charge in [-0.3, -0.25) is 0 Å². The molecule has 2 aromatic rings. The number of halogens is 2. The standard InChI is InChI=1S/C14H13BrClNO/c15-11-5-6-14(12(16)9-11)18-13-4-2-1-3-10(13)7-8-17/h1-6,9H,7-8,17H2. The molecule has 0 spiro atoms. The largest absolute Gasteiger partial charge is 0.456 e. The van der Waals surface area contributed by atoms with Gasteiger partial charge < -0.3 is 10.5 Å². The van der Waals surface area contributed by atoms with Crippen molar-refractivity contribution in [2.75, 3.05) is 6.54 Å². The van der Waals surface area contributed by atoms with Crippen molar-refractivity contribution in [1.29, 1.82) is 0 Å². The lowest BCUT2D eigenvalue weighted by Gasteiger charge is -2.11. The number of rotatable bonds is 4. The molecule has 0 aliphatic heterocycles. The normalized spacial score (nSPS) is 10.4. The third-order valence-electron chi connectivity index (χ3n) is 2.50. The van der Waals surface area contributed by atoms with Gasteiger partial charge in [-0.05, 0) is 42.8 Å². The summed E-state index contributed by atoms with van der Waals surface area (Å²) < 4.78 is 6.77. The Morgan fingerprint density at radius 3 is 2.61 bits per heavy atom.